The van der Waals surface area contributed by atoms with Gasteiger partial charge in [0, 0.05) is 27.1 Å². The third-order valence-electron chi connectivity index (χ3n) is 3.72. The van der Waals surface area contributed by atoms with Crippen molar-refractivity contribution in [2.75, 3.05) is 6.54 Å². The van der Waals surface area contributed by atoms with Gasteiger partial charge in [-0.25, -0.2) is 0 Å². The van der Waals surface area contributed by atoms with Gasteiger partial charge in [-0.2, -0.15) is 0 Å². The Labute approximate surface area is 116 Å². The molecule has 2 aromatic rings. The zero-order chi connectivity index (χ0) is 12.7. The summed E-state index contributed by atoms with van der Waals surface area (Å²) in [4.78, 5) is 3.62. The van der Waals surface area contributed by atoms with E-state index < -0.39 is 0 Å². The molecule has 0 radical (unpaired) electrons. The van der Waals surface area contributed by atoms with Gasteiger partial charge in [0.25, 0.3) is 0 Å². The van der Waals surface area contributed by atoms with Crippen LogP contribution in [0.1, 0.15) is 37.6 Å². The van der Waals surface area contributed by atoms with E-state index in [9.17, 15) is 0 Å². The van der Waals surface area contributed by atoms with Crippen LogP contribution in [0.4, 0.5) is 0 Å². The summed E-state index contributed by atoms with van der Waals surface area (Å²) in [5.74, 6) is 0.714. The number of H-pyrrole nitrogens is 1. The minimum atomic E-state index is 0.486. The van der Waals surface area contributed by atoms with E-state index in [-0.39, 0.29) is 0 Å². The standard InChI is InChI=1S/C15H19BrN2/c1-9(2)7-14-15-11(5-6-17-14)12-8-10(16)3-4-13(12)18-15/h3-4,8-9,14,17-18H,5-7H2,1-2H3. The molecule has 96 valence electrons. The molecule has 0 amide bonds. The zero-order valence-corrected chi connectivity index (χ0v) is 12.5. The van der Waals surface area contributed by atoms with Crippen molar-refractivity contribution in [3.05, 3.63) is 33.9 Å². The first-order valence-electron chi connectivity index (χ1n) is 6.68. The van der Waals surface area contributed by atoms with Crippen LogP contribution in [0.15, 0.2) is 22.7 Å². The molecule has 0 saturated heterocycles. The van der Waals surface area contributed by atoms with Crippen molar-refractivity contribution >= 4 is 26.8 Å². The number of hydrogen-bond donors (Lipinski definition) is 2. The van der Waals surface area contributed by atoms with Gasteiger partial charge in [-0.3, -0.25) is 0 Å². The number of halogens is 1. The van der Waals surface area contributed by atoms with E-state index in [1.165, 1.54) is 28.6 Å². The number of hydrogen-bond acceptors (Lipinski definition) is 1. The average molecular weight is 307 g/mol. The molecule has 3 rings (SSSR count). The molecule has 0 spiro atoms. The summed E-state index contributed by atoms with van der Waals surface area (Å²) in [6, 6.07) is 7.00. The minimum absolute atomic E-state index is 0.486. The molecular weight excluding hydrogens is 288 g/mol. The fourth-order valence-corrected chi connectivity index (χ4v) is 3.31. The average Bonchev–Trinajstić information content (AvgIpc) is 2.68. The molecule has 1 atom stereocenters. The summed E-state index contributed by atoms with van der Waals surface area (Å²) in [5.41, 5.74) is 4.18. The van der Waals surface area contributed by atoms with E-state index in [2.05, 4.69) is 58.3 Å². The first-order chi connectivity index (χ1) is 8.65. The zero-order valence-electron chi connectivity index (χ0n) is 10.9. The quantitative estimate of drug-likeness (QED) is 0.856. The maximum atomic E-state index is 3.64. The second-order valence-corrected chi connectivity index (χ2v) is 6.51. The summed E-state index contributed by atoms with van der Waals surface area (Å²) in [6.07, 6.45) is 2.32. The van der Waals surface area contributed by atoms with Crippen molar-refractivity contribution < 1.29 is 0 Å². The molecule has 1 aromatic heterocycles. The van der Waals surface area contributed by atoms with Gasteiger partial charge >= 0.3 is 0 Å². The highest BCUT2D eigenvalue weighted by Gasteiger charge is 2.24. The van der Waals surface area contributed by atoms with Crippen molar-refractivity contribution in [3.8, 4) is 0 Å². The van der Waals surface area contributed by atoms with Gasteiger partial charge in [-0.1, -0.05) is 29.8 Å². The molecule has 0 saturated carbocycles. The van der Waals surface area contributed by atoms with Crippen LogP contribution in [0, 0.1) is 5.92 Å². The summed E-state index contributed by atoms with van der Waals surface area (Å²) < 4.78 is 1.16. The summed E-state index contributed by atoms with van der Waals surface area (Å²) in [7, 11) is 0. The molecule has 1 unspecified atom stereocenters. The van der Waals surface area contributed by atoms with Crippen LogP contribution < -0.4 is 5.32 Å². The van der Waals surface area contributed by atoms with Crippen LogP contribution in [-0.4, -0.2) is 11.5 Å². The lowest BCUT2D eigenvalue weighted by atomic mass is 9.93. The molecular formula is C15H19BrN2. The molecule has 3 heteroatoms. The van der Waals surface area contributed by atoms with Crippen LogP contribution in [0.25, 0.3) is 10.9 Å². The van der Waals surface area contributed by atoms with E-state index in [0.717, 1.165) is 17.4 Å². The fourth-order valence-electron chi connectivity index (χ4n) is 2.95. The van der Waals surface area contributed by atoms with Gasteiger partial charge in [0.2, 0.25) is 0 Å². The van der Waals surface area contributed by atoms with Crippen LogP contribution >= 0.6 is 15.9 Å². The molecule has 0 bridgehead atoms. The van der Waals surface area contributed by atoms with Gasteiger partial charge in [0.05, 0.1) is 0 Å². The van der Waals surface area contributed by atoms with Gasteiger partial charge in [-0.15, -0.1) is 0 Å². The van der Waals surface area contributed by atoms with Gasteiger partial charge < -0.3 is 10.3 Å². The lowest BCUT2D eigenvalue weighted by Gasteiger charge is -2.25. The SMILES string of the molecule is CC(C)CC1NCCc2c1[nH]c1ccc(Br)cc21. The monoisotopic (exact) mass is 306 g/mol. The molecule has 1 aromatic carbocycles. The van der Waals surface area contributed by atoms with E-state index in [0.29, 0.717) is 12.0 Å². The number of benzene rings is 1. The van der Waals surface area contributed by atoms with Crippen molar-refractivity contribution in [2.24, 2.45) is 5.92 Å². The summed E-state index contributed by atoms with van der Waals surface area (Å²) in [5, 5.41) is 5.02. The maximum absolute atomic E-state index is 3.64. The van der Waals surface area contributed by atoms with Crippen LogP contribution in [0.3, 0.4) is 0 Å². The van der Waals surface area contributed by atoms with Gasteiger partial charge in [0.15, 0.2) is 0 Å². The molecule has 18 heavy (non-hydrogen) atoms. The number of rotatable bonds is 2. The molecule has 1 aliphatic heterocycles. The third kappa shape index (κ3) is 2.10. The molecule has 0 fully saturated rings. The van der Waals surface area contributed by atoms with E-state index in [1.54, 1.807) is 0 Å². The van der Waals surface area contributed by atoms with Crippen molar-refractivity contribution in [3.63, 3.8) is 0 Å². The Morgan fingerprint density at radius 3 is 3.00 bits per heavy atom. The van der Waals surface area contributed by atoms with E-state index in [4.69, 9.17) is 0 Å². The smallest absolute Gasteiger partial charge is 0.0478 e. The number of nitrogens with one attached hydrogen (secondary N) is 2. The largest absolute Gasteiger partial charge is 0.357 e. The normalized spacial score (nSPS) is 19.4. The van der Waals surface area contributed by atoms with Gasteiger partial charge in [0.1, 0.15) is 0 Å². The highest BCUT2D eigenvalue weighted by atomic mass is 79.9. The number of fused-ring (bicyclic) bond motifs is 3. The third-order valence-corrected chi connectivity index (χ3v) is 4.22. The lowest BCUT2D eigenvalue weighted by Crippen LogP contribution is -2.30. The molecule has 2 nitrogen and oxygen atoms in total. The maximum Gasteiger partial charge on any atom is 0.0478 e. The van der Waals surface area contributed by atoms with Crippen molar-refractivity contribution in [1.29, 1.82) is 0 Å². The second kappa shape index (κ2) is 4.71. The van der Waals surface area contributed by atoms with E-state index >= 15 is 0 Å². The first kappa shape index (κ1) is 12.2. The lowest BCUT2D eigenvalue weighted by molar-refractivity contribution is 0.409. The van der Waals surface area contributed by atoms with Crippen LogP contribution in [0.5, 0.6) is 0 Å². The summed E-state index contributed by atoms with van der Waals surface area (Å²) in [6.45, 7) is 5.66. The van der Waals surface area contributed by atoms with E-state index in [1.807, 2.05) is 0 Å². The minimum Gasteiger partial charge on any atom is -0.357 e. The highest BCUT2D eigenvalue weighted by molar-refractivity contribution is 9.10. The van der Waals surface area contributed by atoms with Crippen molar-refractivity contribution in [1.82, 2.24) is 10.3 Å². The van der Waals surface area contributed by atoms with Crippen molar-refractivity contribution in [2.45, 2.75) is 32.7 Å². The predicted octanol–water partition coefficient (Wildman–Crippen LogP) is 4.16. The van der Waals surface area contributed by atoms with Crippen LogP contribution in [0.2, 0.25) is 0 Å². The number of aromatic amines is 1. The Balaban J connectivity index is 2.09. The first-order valence-corrected chi connectivity index (χ1v) is 7.48. The van der Waals surface area contributed by atoms with Crippen LogP contribution in [-0.2, 0) is 6.42 Å². The Hall–Kier alpha value is -0.800. The Morgan fingerprint density at radius 1 is 1.39 bits per heavy atom. The Kier molecular flexibility index (Phi) is 3.20. The summed E-state index contributed by atoms with van der Waals surface area (Å²) >= 11 is 3.57. The fraction of sp³-hybridized carbons (Fsp3) is 0.467. The molecule has 2 N–H and O–H groups in total. The Morgan fingerprint density at radius 2 is 2.22 bits per heavy atom. The molecule has 1 aliphatic rings. The Bertz CT molecular complexity index is 571. The predicted molar refractivity (Wildman–Crippen MR) is 79.9 cm³/mol. The molecule has 2 heterocycles. The number of aromatic nitrogens is 1. The topological polar surface area (TPSA) is 27.8 Å². The highest BCUT2D eigenvalue weighted by Crippen LogP contribution is 2.34. The van der Waals surface area contributed by atoms with Gasteiger partial charge in [-0.05, 0) is 49.1 Å². The second-order valence-electron chi connectivity index (χ2n) is 5.59. The molecule has 0 aliphatic carbocycles.